The zero-order valence-corrected chi connectivity index (χ0v) is 19.2. The Morgan fingerprint density at radius 2 is 1.59 bits per heavy atom. The van der Waals surface area contributed by atoms with Gasteiger partial charge in [-0.2, -0.15) is 10.5 Å². The highest BCUT2D eigenvalue weighted by Crippen LogP contribution is 2.42. The third-order valence-corrected chi connectivity index (χ3v) is 7.98. The molecule has 0 N–H and O–H groups in total. The minimum absolute atomic E-state index is 0.0559. The van der Waals surface area contributed by atoms with Crippen LogP contribution in [0.3, 0.4) is 0 Å². The summed E-state index contributed by atoms with van der Waals surface area (Å²) in [6.07, 6.45) is 1.78. The molecule has 6 heteroatoms. The Morgan fingerprint density at radius 3 is 2.35 bits per heavy atom. The molecule has 0 bridgehead atoms. The minimum Gasteiger partial charge on any atom is -0.289 e. The van der Waals surface area contributed by atoms with Crippen molar-refractivity contribution in [2.75, 3.05) is 0 Å². The molecule has 0 amide bonds. The number of ketones is 1. The van der Waals surface area contributed by atoms with Crippen LogP contribution in [-0.4, -0.2) is 10.8 Å². The standard InChI is InChI=1S/C28H13N3OS2/c29-14-19(15-30)25-21-7-3-4-8-22(21)26(32)23(25)12-20-13-24-28(33-20)31-27(34-24)18-10-9-16-5-1-2-6-17(16)11-18/h1-13H/b23-12-. The van der Waals surface area contributed by atoms with Gasteiger partial charge in [0.25, 0.3) is 0 Å². The molecule has 0 spiro atoms. The topological polar surface area (TPSA) is 77.5 Å². The first-order valence-corrected chi connectivity index (χ1v) is 12.1. The van der Waals surface area contributed by atoms with Crippen LogP contribution in [0.2, 0.25) is 0 Å². The lowest BCUT2D eigenvalue weighted by atomic mass is 9.99. The van der Waals surface area contributed by atoms with E-state index in [4.69, 9.17) is 4.98 Å². The Bertz CT molecular complexity index is 1760. The number of aromatic nitrogens is 1. The zero-order chi connectivity index (χ0) is 23.2. The fraction of sp³-hybridized carbons (Fsp3) is 0. The summed E-state index contributed by atoms with van der Waals surface area (Å²) in [6, 6.07) is 27.6. The van der Waals surface area contributed by atoms with Crippen molar-refractivity contribution >= 4 is 60.4 Å². The number of thiazole rings is 1. The van der Waals surface area contributed by atoms with E-state index in [0.717, 1.165) is 25.0 Å². The summed E-state index contributed by atoms with van der Waals surface area (Å²) in [5, 5.41) is 22.3. The van der Waals surface area contributed by atoms with Crippen molar-refractivity contribution in [3.05, 3.63) is 99.9 Å². The summed E-state index contributed by atoms with van der Waals surface area (Å²) in [5.74, 6) is -0.171. The third kappa shape index (κ3) is 3.17. The SMILES string of the molecule is N#CC(C#N)=C1/C(=C/c2cc3sc(-c4ccc5ccccc5c4)nc3s2)C(=O)c2ccccc21. The Kier molecular flexibility index (Phi) is 4.71. The predicted octanol–water partition coefficient (Wildman–Crippen LogP) is 7.26. The van der Waals surface area contributed by atoms with E-state index in [-0.39, 0.29) is 11.4 Å². The van der Waals surface area contributed by atoms with Crippen molar-refractivity contribution in [3.8, 4) is 22.7 Å². The minimum atomic E-state index is -0.171. The number of benzene rings is 3. The average Bonchev–Trinajstić information content (AvgIpc) is 3.52. The molecule has 0 aliphatic heterocycles. The number of hydrogen-bond donors (Lipinski definition) is 0. The monoisotopic (exact) mass is 471 g/mol. The normalized spacial score (nSPS) is 13.9. The van der Waals surface area contributed by atoms with Crippen LogP contribution < -0.4 is 0 Å². The van der Waals surface area contributed by atoms with Crippen molar-refractivity contribution < 1.29 is 4.79 Å². The third-order valence-electron chi connectivity index (χ3n) is 5.82. The first kappa shape index (κ1) is 20.3. The van der Waals surface area contributed by atoms with E-state index in [0.29, 0.717) is 22.3 Å². The van der Waals surface area contributed by atoms with Gasteiger partial charge in [0, 0.05) is 27.2 Å². The molecular weight excluding hydrogens is 458 g/mol. The molecule has 0 saturated carbocycles. The number of hydrogen-bond acceptors (Lipinski definition) is 6. The van der Waals surface area contributed by atoms with E-state index >= 15 is 0 Å². The number of nitrogens with zero attached hydrogens (tertiary/aromatic N) is 3. The van der Waals surface area contributed by atoms with Gasteiger partial charge in [0.2, 0.25) is 0 Å². The molecule has 0 atom stereocenters. The molecular formula is C28H13N3OS2. The van der Waals surface area contributed by atoms with Crippen LogP contribution in [0.25, 0.3) is 42.5 Å². The Balaban J connectivity index is 1.42. The maximum absolute atomic E-state index is 13.1. The largest absolute Gasteiger partial charge is 0.289 e. The summed E-state index contributed by atoms with van der Waals surface area (Å²) in [5.41, 5.74) is 2.95. The number of thiophene rings is 1. The second kappa shape index (κ2) is 7.90. The van der Waals surface area contributed by atoms with Gasteiger partial charge in [0.15, 0.2) is 5.78 Å². The molecule has 0 radical (unpaired) electrons. The van der Waals surface area contributed by atoms with Gasteiger partial charge in [-0.15, -0.1) is 22.7 Å². The molecule has 1 aliphatic carbocycles. The van der Waals surface area contributed by atoms with Crippen LogP contribution in [-0.2, 0) is 0 Å². The van der Waals surface area contributed by atoms with Crippen molar-refractivity contribution in [2.45, 2.75) is 0 Å². The number of fused-ring (bicyclic) bond motifs is 3. The number of carbonyl (C=O) groups is 1. The summed E-state index contributed by atoms with van der Waals surface area (Å²) < 4.78 is 1.04. The molecule has 5 aromatic rings. The van der Waals surface area contributed by atoms with E-state index in [1.54, 1.807) is 41.7 Å². The average molecular weight is 472 g/mol. The van der Waals surface area contributed by atoms with Crippen molar-refractivity contribution in [2.24, 2.45) is 0 Å². The lowest BCUT2D eigenvalue weighted by Crippen LogP contribution is -1.95. The molecule has 1 aliphatic rings. The number of allylic oxidation sites excluding steroid dienone is 3. The quantitative estimate of drug-likeness (QED) is 0.200. The van der Waals surface area contributed by atoms with E-state index in [1.807, 2.05) is 30.3 Å². The Morgan fingerprint density at radius 1 is 0.853 bits per heavy atom. The fourth-order valence-electron chi connectivity index (χ4n) is 4.26. The van der Waals surface area contributed by atoms with E-state index < -0.39 is 0 Å². The molecule has 3 aromatic carbocycles. The molecule has 0 unspecified atom stereocenters. The summed E-state index contributed by atoms with van der Waals surface area (Å²) in [6.45, 7) is 0. The van der Waals surface area contributed by atoms with Crippen LogP contribution in [0.5, 0.6) is 0 Å². The van der Waals surface area contributed by atoms with Gasteiger partial charge in [0.05, 0.1) is 4.70 Å². The molecule has 158 valence electrons. The maximum Gasteiger partial charge on any atom is 0.194 e. The van der Waals surface area contributed by atoms with E-state index in [9.17, 15) is 15.3 Å². The van der Waals surface area contributed by atoms with E-state index in [1.165, 1.54) is 22.1 Å². The lowest BCUT2D eigenvalue weighted by molar-refractivity contribution is 0.104. The second-order valence-corrected chi connectivity index (χ2v) is 9.90. The number of Topliss-reactive ketones (excluding diaryl/α,β-unsaturated/α-hetero) is 1. The number of nitriles is 2. The van der Waals surface area contributed by atoms with Crippen LogP contribution in [0.4, 0.5) is 0 Å². The van der Waals surface area contributed by atoms with Gasteiger partial charge in [-0.25, -0.2) is 4.98 Å². The maximum atomic E-state index is 13.1. The number of rotatable bonds is 2. The summed E-state index contributed by atoms with van der Waals surface area (Å²) in [7, 11) is 0. The van der Waals surface area contributed by atoms with Gasteiger partial charge in [-0.3, -0.25) is 4.79 Å². The van der Waals surface area contributed by atoms with Gasteiger partial charge in [-0.05, 0) is 34.5 Å². The Hall–Kier alpha value is -4.36. The van der Waals surface area contributed by atoms with Crippen molar-refractivity contribution in [1.29, 1.82) is 10.5 Å². The highest BCUT2D eigenvalue weighted by Gasteiger charge is 2.32. The zero-order valence-electron chi connectivity index (χ0n) is 17.6. The molecule has 4 nitrogen and oxygen atoms in total. The van der Waals surface area contributed by atoms with Gasteiger partial charge in [-0.1, -0.05) is 60.7 Å². The molecule has 0 saturated heterocycles. The van der Waals surface area contributed by atoms with Gasteiger partial charge < -0.3 is 0 Å². The molecule has 2 heterocycles. The van der Waals surface area contributed by atoms with Gasteiger partial charge >= 0.3 is 0 Å². The van der Waals surface area contributed by atoms with Crippen LogP contribution in [0, 0.1) is 22.7 Å². The highest BCUT2D eigenvalue weighted by atomic mass is 32.1. The fourth-order valence-corrected chi connectivity index (χ4v) is 6.42. The van der Waals surface area contributed by atoms with Crippen LogP contribution in [0.1, 0.15) is 20.8 Å². The Labute approximate surface area is 203 Å². The van der Waals surface area contributed by atoms with Crippen LogP contribution >= 0.6 is 22.7 Å². The molecule has 6 rings (SSSR count). The summed E-state index contributed by atoms with van der Waals surface area (Å²) in [4.78, 5) is 19.7. The summed E-state index contributed by atoms with van der Waals surface area (Å²) >= 11 is 3.11. The van der Waals surface area contributed by atoms with Gasteiger partial charge in [0.1, 0.15) is 27.5 Å². The van der Waals surface area contributed by atoms with Crippen LogP contribution in [0.15, 0.2) is 83.9 Å². The smallest absolute Gasteiger partial charge is 0.194 e. The number of carbonyl (C=O) groups excluding carboxylic acids is 1. The lowest BCUT2D eigenvalue weighted by Gasteiger charge is -2.01. The first-order chi connectivity index (χ1) is 16.7. The highest BCUT2D eigenvalue weighted by molar-refractivity contribution is 7.29. The molecule has 34 heavy (non-hydrogen) atoms. The molecule has 0 fully saturated rings. The molecule has 2 aromatic heterocycles. The first-order valence-electron chi connectivity index (χ1n) is 10.5. The predicted molar refractivity (Wildman–Crippen MR) is 137 cm³/mol. The second-order valence-electron chi connectivity index (χ2n) is 7.81. The van der Waals surface area contributed by atoms with E-state index in [2.05, 4.69) is 30.3 Å². The van der Waals surface area contributed by atoms with Crippen molar-refractivity contribution in [1.82, 2.24) is 4.98 Å². The van der Waals surface area contributed by atoms with Crippen molar-refractivity contribution in [3.63, 3.8) is 0 Å².